The number of hydrogen-bond acceptors (Lipinski definition) is 3. The zero-order chi connectivity index (χ0) is 19.4. The molecule has 0 saturated carbocycles. The van der Waals surface area contributed by atoms with E-state index < -0.39 is 6.09 Å². The second-order valence-electron chi connectivity index (χ2n) is 6.76. The minimum absolute atomic E-state index is 0.111. The molecule has 0 bridgehead atoms. The molecular formula is C20H22ClN3O3. The Morgan fingerprint density at radius 1 is 1.19 bits per heavy atom. The number of benzene rings is 2. The third-order valence-electron chi connectivity index (χ3n) is 4.82. The molecule has 1 aliphatic heterocycles. The number of hydrogen-bond donors (Lipinski definition) is 3. The van der Waals surface area contributed by atoms with Gasteiger partial charge in [0.1, 0.15) is 0 Å². The van der Waals surface area contributed by atoms with Gasteiger partial charge in [0.15, 0.2) is 0 Å². The smallest absolute Gasteiger partial charge is 0.407 e. The van der Waals surface area contributed by atoms with Crippen LogP contribution in [0.15, 0.2) is 42.5 Å². The molecule has 2 aromatic rings. The molecule has 6 nitrogen and oxygen atoms in total. The van der Waals surface area contributed by atoms with E-state index >= 15 is 0 Å². The zero-order valence-corrected chi connectivity index (χ0v) is 15.6. The van der Waals surface area contributed by atoms with Crippen molar-refractivity contribution in [2.45, 2.75) is 12.8 Å². The summed E-state index contributed by atoms with van der Waals surface area (Å²) in [5.74, 6) is -0.143. The SMILES string of the molecule is Nc1ccc(-c2ccc(Cl)cc2)cc1C(=O)NC[C@H]1CCCN(C(=O)O)C1. The van der Waals surface area contributed by atoms with Gasteiger partial charge in [-0.2, -0.15) is 0 Å². The molecule has 4 N–H and O–H groups in total. The van der Waals surface area contributed by atoms with Crippen LogP contribution in [0.2, 0.25) is 5.02 Å². The molecule has 2 amide bonds. The van der Waals surface area contributed by atoms with Crippen LogP contribution in [0.1, 0.15) is 23.2 Å². The topological polar surface area (TPSA) is 95.7 Å². The highest BCUT2D eigenvalue weighted by atomic mass is 35.5. The molecule has 0 unspecified atom stereocenters. The molecule has 0 aliphatic carbocycles. The number of halogens is 1. The third-order valence-corrected chi connectivity index (χ3v) is 5.07. The number of nitrogens with one attached hydrogen (secondary N) is 1. The monoisotopic (exact) mass is 387 g/mol. The fourth-order valence-electron chi connectivity index (χ4n) is 3.31. The van der Waals surface area contributed by atoms with Crippen molar-refractivity contribution in [3.8, 4) is 11.1 Å². The molecule has 0 aromatic heterocycles. The van der Waals surface area contributed by atoms with Crippen molar-refractivity contribution in [1.29, 1.82) is 0 Å². The summed E-state index contributed by atoms with van der Waals surface area (Å²) in [5, 5.41) is 12.7. The summed E-state index contributed by atoms with van der Waals surface area (Å²) in [7, 11) is 0. The number of likely N-dealkylation sites (tertiary alicyclic amines) is 1. The van der Waals surface area contributed by atoms with E-state index in [0.29, 0.717) is 35.9 Å². The summed E-state index contributed by atoms with van der Waals surface area (Å²) in [6, 6.07) is 12.7. The first kappa shape index (κ1) is 19.0. The van der Waals surface area contributed by atoms with Crippen LogP contribution in [-0.2, 0) is 0 Å². The van der Waals surface area contributed by atoms with Crippen LogP contribution in [0.25, 0.3) is 11.1 Å². The van der Waals surface area contributed by atoms with Crippen LogP contribution in [0.5, 0.6) is 0 Å². The number of carbonyl (C=O) groups is 2. The number of rotatable bonds is 4. The number of amides is 2. The number of carbonyl (C=O) groups excluding carboxylic acids is 1. The minimum atomic E-state index is -0.911. The second-order valence-corrected chi connectivity index (χ2v) is 7.19. The lowest BCUT2D eigenvalue weighted by atomic mass is 9.98. The Balaban J connectivity index is 1.68. The largest absolute Gasteiger partial charge is 0.465 e. The van der Waals surface area contributed by atoms with Crippen molar-refractivity contribution in [2.24, 2.45) is 5.92 Å². The standard InChI is InChI=1S/C20H22ClN3O3/c21-16-6-3-14(4-7-16)15-5-8-18(22)17(10-15)19(25)23-11-13-2-1-9-24(12-13)20(26)27/h3-8,10,13H,1-2,9,11-12,22H2,(H,23,25)(H,26,27)/t13-/m1/s1. The molecule has 1 aliphatic rings. The van der Waals surface area contributed by atoms with Crippen LogP contribution < -0.4 is 11.1 Å². The Labute approximate surface area is 162 Å². The van der Waals surface area contributed by atoms with Gasteiger partial charge in [0.25, 0.3) is 5.91 Å². The molecule has 142 valence electrons. The summed E-state index contributed by atoms with van der Waals surface area (Å²) >= 11 is 5.93. The second kappa shape index (κ2) is 8.31. The number of nitrogens with two attached hydrogens (primary N) is 1. The van der Waals surface area contributed by atoms with Crippen molar-refractivity contribution in [3.63, 3.8) is 0 Å². The van der Waals surface area contributed by atoms with Crippen molar-refractivity contribution < 1.29 is 14.7 Å². The summed E-state index contributed by atoms with van der Waals surface area (Å²) < 4.78 is 0. The Kier molecular flexibility index (Phi) is 5.86. The lowest BCUT2D eigenvalue weighted by Crippen LogP contribution is -2.43. The van der Waals surface area contributed by atoms with E-state index in [1.165, 1.54) is 4.90 Å². The van der Waals surface area contributed by atoms with Crippen molar-refractivity contribution in [3.05, 3.63) is 53.1 Å². The fourth-order valence-corrected chi connectivity index (χ4v) is 3.44. The van der Waals surface area contributed by atoms with Gasteiger partial charge in [-0.05, 0) is 54.2 Å². The predicted molar refractivity (Wildman–Crippen MR) is 106 cm³/mol. The molecule has 27 heavy (non-hydrogen) atoms. The lowest BCUT2D eigenvalue weighted by Gasteiger charge is -2.30. The van der Waals surface area contributed by atoms with E-state index in [1.807, 2.05) is 18.2 Å². The van der Waals surface area contributed by atoms with Crippen LogP contribution in [0, 0.1) is 5.92 Å². The maximum absolute atomic E-state index is 12.6. The van der Waals surface area contributed by atoms with Gasteiger partial charge in [-0.3, -0.25) is 4.79 Å². The van der Waals surface area contributed by atoms with E-state index in [-0.39, 0.29) is 11.8 Å². The molecule has 1 fully saturated rings. The molecule has 0 radical (unpaired) electrons. The minimum Gasteiger partial charge on any atom is -0.465 e. The quantitative estimate of drug-likeness (QED) is 0.697. The first-order valence-electron chi connectivity index (χ1n) is 8.85. The van der Waals surface area contributed by atoms with Gasteiger partial charge in [-0.15, -0.1) is 0 Å². The van der Waals surface area contributed by atoms with Gasteiger partial charge in [0.2, 0.25) is 0 Å². The van der Waals surface area contributed by atoms with E-state index in [4.69, 9.17) is 22.4 Å². The number of piperidine rings is 1. The van der Waals surface area contributed by atoms with Gasteiger partial charge in [0.05, 0.1) is 5.56 Å². The molecule has 1 heterocycles. The van der Waals surface area contributed by atoms with Crippen molar-refractivity contribution in [2.75, 3.05) is 25.4 Å². The number of nitrogen functional groups attached to an aromatic ring is 1. The highest BCUT2D eigenvalue weighted by molar-refractivity contribution is 6.30. The Bertz CT molecular complexity index is 839. The summed E-state index contributed by atoms with van der Waals surface area (Å²) in [6.45, 7) is 1.42. The van der Waals surface area contributed by atoms with Gasteiger partial charge < -0.3 is 21.1 Å². The molecule has 1 atom stereocenters. The Morgan fingerprint density at radius 3 is 2.59 bits per heavy atom. The summed E-state index contributed by atoms with van der Waals surface area (Å²) in [5.41, 5.74) is 8.63. The zero-order valence-electron chi connectivity index (χ0n) is 14.8. The van der Waals surface area contributed by atoms with E-state index in [2.05, 4.69) is 5.32 Å². The average molecular weight is 388 g/mol. The fraction of sp³-hybridized carbons (Fsp3) is 0.300. The first-order valence-corrected chi connectivity index (χ1v) is 9.23. The van der Waals surface area contributed by atoms with Crippen LogP contribution in [0.3, 0.4) is 0 Å². The summed E-state index contributed by atoms with van der Waals surface area (Å²) in [4.78, 5) is 25.1. The average Bonchev–Trinajstić information content (AvgIpc) is 2.67. The Hall–Kier alpha value is -2.73. The Morgan fingerprint density at radius 2 is 1.89 bits per heavy atom. The van der Waals surface area contributed by atoms with Gasteiger partial charge in [0, 0.05) is 30.3 Å². The van der Waals surface area contributed by atoms with E-state index in [9.17, 15) is 9.59 Å². The van der Waals surface area contributed by atoms with Crippen LogP contribution in [-0.4, -0.2) is 41.6 Å². The molecular weight excluding hydrogens is 366 g/mol. The molecule has 1 saturated heterocycles. The van der Waals surface area contributed by atoms with Crippen LogP contribution >= 0.6 is 11.6 Å². The normalized spacial score (nSPS) is 16.8. The van der Waals surface area contributed by atoms with Crippen LogP contribution in [0.4, 0.5) is 10.5 Å². The first-order chi connectivity index (χ1) is 12.9. The maximum atomic E-state index is 12.6. The molecule has 3 rings (SSSR count). The lowest BCUT2D eigenvalue weighted by molar-refractivity contribution is 0.0929. The van der Waals surface area contributed by atoms with Gasteiger partial charge >= 0.3 is 6.09 Å². The summed E-state index contributed by atoms with van der Waals surface area (Å²) in [6.07, 6.45) is 0.789. The maximum Gasteiger partial charge on any atom is 0.407 e. The molecule has 2 aromatic carbocycles. The number of anilines is 1. The molecule has 0 spiro atoms. The van der Waals surface area contributed by atoms with E-state index in [0.717, 1.165) is 24.0 Å². The van der Waals surface area contributed by atoms with E-state index in [1.54, 1.807) is 24.3 Å². The highest BCUT2D eigenvalue weighted by Gasteiger charge is 2.23. The molecule has 7 heteroatoms. The van der Waals surface area contributed by atoms with Crippen molar-refractivity contribution in [1.82, 2.24) is 10.2 Å². The van der Waals surface area contributed by atoms with Crippen molar-refractivity contribution >= 4 is 29.3 Å². The number of nitrogens with zero attached hydrogens (tertiary/aromatic N) is 1. The predicted octanol–water partition coefficient (Wildman–Crippen LogP) is 3.71. The highest BCUT2D eigenvalue weighted by Crippen LogP contribution is 2.25. The van der Waals surface area contributed by atoms with Gasteiger partial charge in [-0.25, -0.2) is 4.79 Å². The third kappa shape index (κ3) is 4.71. The number of carboxylic acid groups (broad SMARTS) is 1. The van der Waals surface area contributed by atoms with Gasteiger partial charge in [-0.1, -0.05) is 29.8 Å².